The van der Waals surface area contributed by atoms with Gasteiger partial charge in [-0.25, -0.2) is 0 Å². The van der Waals surface area contributed by atoms with Gasteiger partial charge in [0.25, 0.3) is 0 Å². The topological polar surface area (TPSA) is 26.0 Å². The van der Waals surface area contributed by atoms with Crippen LogP contribution in [0.15, 0.2) is 18.2 Å². The minimum atomic E-state index is 0.518. The molecule has 0 aliphatic rings. The molecule has 0 spiro atoms. The molecule has 1 unspecified atom stereocenters. The number of benzene rings is 1. The lowest BCUT2D eigenvalue weighted by Crippen LogP contribution is -2.03. The van der Waals surface area contributed by atoms with Gasteiger partial charge in [-0.15, -0.1) is 0 Å². The standard InChI is InChI=1S/C12H17Cl2N/c1-2-9(4-3-5-15)10-6-11(13)8-12(14)7-10/h6-9H,2-5,15H2,1H3. The fourth-order valence-electron chi connectivity index (χ4n) is 1.78. The zero-order valence-electron chi connectivity index (χ0n) is 8.97. The molecule has 0 saturated heterocycles. The van der Waals surface area contributed by atoms with E-state index in [2.05, 4.69) is 6.92 Å². The zero-order valence-corrected chi connectivity index (χ0v) is 10.5. The van der Waals surface area contributed by atoms with Gasteiger partial charge in [-0.05, 0) is 55.5 Å². The molecule has 0 saturated carbocycles. The molecule has 2 N–H and O–H groups in total. The highest BCUT2D eigenvalue weighted by Crippen LogP contribution is 2.29. The molecular formula is C12H17Cl2N. The molecule has 0 radical (unpaired) electrons. The Morgan fingerprint density at radius 2 is 1.80 bits per heavy atom. The van der Waals surface area contributed by atoms with Crippen LogP contribution in [0.25, 0.3) is 0 Å². The first-order valence-electron chi connectivity index (χ1n) is 5.33. The molecule has 0 bridgehead atoms. The molecule has 15 heavy (non-hydrogen) atoms. The van der Waals surface area contributed by atoms with E-state index >= 15 is 0 Å². The maximum atomic E-state index is 5.98. The van der Waals surface area contributed by atoms with E-state index in [1.807, 2.05) is 12.1 Å². The zero-order chi connectivity index (χ0) is 11.3. The fourth-order valence-corrected chi connectivity index (χ4v) is 2.32. The fraction of sp³-hybridized carbons (Fsp3) is 0.500. The van der Waals surface area contributed by atoms with Crippen LogP contribution in [0.1, 0.15) is 37.7 Å². The Morgan fingerprint density at radius 3 is 2.27 bits per heavy atom. The number of halogens is 2. The van der Waals surface area contributed by atoms with Crippen LogP contribution in [0.2, 0.25) is 10.0 Å². The summed E-state index contributed by atoms with van der Waals surface area (Å²) < 4.78 is 0. The normalized spacial score (nSPS) is 12.8. The molecule has 1 aromatic rings. The largest absolute Gasteiger partial charge is 0.330 e. The SMILES string of the molecule is CCC(CCCN)c1cc(Cl)cc(Cl)c1. The predicted molar refractivity (Wildman–Crippen MR) is 67.8 cm³/mol. The van der Waals surface area contributed by atoms with E-state index in [9.17, 15) is 0 Å². The smallest absolute Gasteiger partial charge is 0.0423 e. The van der Waals surface area contributed by atoms with Crippen LogP contribution in [-0.2, 0) is 0 Å². The highest BCUT2D eigenvalue weighted by molar-refractivity contribution is 6.34. The van der Waals surface area contributed by atoms with E-state index in [-0.39, 0.29) is 0 Å². The molecule has 1 atom stereocenters. The molecule has 1 rings (SSSR count). The van der Waals surface area contributed by atoms with Gasteiger partial charge in [-0.1, -0.05) is 30.1 Å². The van der Waals surface area contributed by atoms with Gasteiger partial charge in [0.05, 0.1) is 0 Å². The van der Waals surface area contributed by atoms with Gasteiger partial charge in [-0.3, -0.25) is 0 Å². The highest BCUT2D eigenvalue weighted by Gasteiger charge is 2.10. The van der Waals surface area contributed by atoms with Gasteiger partial charge in [0.1, 0.15) is 0 Å². The molecular weight excluding hydrogens is 229 g/mol. The maximum absolute atomic E-state index is 5.98. The second-order valence-corrected chi connectivity index (χ2v) is 4.61. The maximum Gasteiger partial charge on any atom is 0.0423 e. The Hall–Kier alpha value is -0.240. The van der Waals surface area contributed by atoms with Crippen molar-refractivity contribution in [1.29, 1.82) is 0 Å². The Balaban J connectivity index is 2.81. The van der Waals surface area contributed by atoms with E-state index in [0.29, 0.717) is 16.0 Å². The van der Waals surface area contributed by atoms with Gasteiger partial charge in [0.15, 0.2) is 0 Å². The van der Waals surface area contributed by atoms with Crippen molar-refractivity contribution in [3.63, 3.8) is 0 Å². The third-order valence-corrected chi connectivity index (χ3v) is 3.04. The van der Waals surface area contributed by atoms with Crippen molar-refractivity contribution in [2.45, 2.75) is 32.1 Å². The highest BCUT2D eigenvalue weighted by atomic mass is 35.5. The van der Waals surface area contributed by atoms with Gasteiger partial charge in [0.2, 0.25) is 0 Å². The van der Waals surface area contributed by atoms with Crippen LogP contribution < -0.4 is 5.73 Å². The lowest BCUT2D eigenvalue weighted by atomic mass is 9.92. The lowest BCUT2D eigenvalue weighted by Gasteiger charge is -2.15. The summed E-state index contributed by atoms with van der Waals surface area (Å²) in [6.45, 7) is 2.92. The summed E-state index contributed by atoms with van der Waals surface area (Å²) in [5.74, 6) is 0.518. The van der Waals surface area contributed by atoms with Crippen molar-refractivity contribution in [2.75, 3.05) is 6.54 Å². The summed E-state index contributed by atoms with van der Waals surface area (Å²) in [4.78, 5) is 0. The first-order chi connectivity index (χ1) is 7.17. The van der Waals surface area contributed by atoms with Gasteiger partial charge >= 0.3 is 0 Å². The van der Waals surface area contributed by atoms with Crippen LogP contribution in [0, 0.1) is 0 Å². The first kappa shape index (κ1) is 12.8. The summed E-state index contributed by atoms with van der Waals surface area (Å²) in [6, 6.07) is 5.76. The Labute approximate surface area is 102 Å². The predicted octanol–water partition coefficient (Wildman–Crippen LogP) is 4.23. The number of hydrogen-bond acceptors (Lipinski definition) is 1. The second-order valence-electron chi connectivity index (χ2n) is 3.74. The van der Waals surface area contributed by atoms with E-state index in [0.717, 1.165) is 25.8 Å². The van der Waals surface area contributed by atoms with Crippen molar-refractivity contribution >= 4 is 23.2 Å². The first-order valence-corrected chi connectivity index (χ1v) is 6.09. The summed E-state index contributed by atoms with van der Waals surface area (Å²) >= 11 is 12.0. The van der Waals surface area contributed by atoms with Crippen molar-refractivity contribution in [2.24, 2.45) is 5.73 Å². The lowest BCUT2D eigenvalue weighted by molar-refractivity contribution is 0.581. The molecule has 1 aromatic carbocycles. The van der Waals surface area contributed by atoms with Crippen molar-refractivity contribution in [3.8, 4) is 0 Å². The summed E-state index contributed by atoms with van der Waals surface area (Å²) in [5.41, 5.74) is 6.74. The number of nitrogens with two attached hydrogens (primary N) is 1. The van der Waals surface area contributed by atoms with E-state index in [1.54, 1.807) is 6.07 Å². The Kier molecular flexibility index (Phi) is 5.44. The van der Waals surface area contributed by atoms with Gasteiger partial charge in [0, 0.05) is 10.0 Å². The van der Waals surface area contributed by atoms with Crippen LogP contribution in [0.3, 0.4) is 0 Å². The molecule has 0 amide bonds. The molecule has 0 aliphatic heterocycles. The molecule has 84 valence electrons. The van der Waals surface area contributed by atoms with Crippen molar-refractivity contribution in [1.82, 2.24) is 0 Å². The number of hydrogen-bond donors (Lipinski definition) is 1. The van der Waals surface area contributed by atoms with Gasteiger partial charge < -0.3 is 5.73 Å². The molecule has 0 aromatic heterocycles. The third-order valence-electron chi connectivity index (χ3n) is 2.61. The van der Waals surface area contributed by atoms with E-state index in [4.69, 9.17) is 28.9 Å². The minimum Gasteiger partial charge on any atom is -0.330 e. The molecule has 3 heteroatoms. The summed E-state index contributed by atoms with van der Waals surface area (Å²) in [7, 11) is 0. The molecule has 0 aliphatic carbocycles. The second kappa shape index (κ2) is 6.37. The van der Waals surface area contributed by atoms with Crippen molar-refractivity contribution < 1.29 is 0 Å². The molecule has 1 nitrogen and oxygen atoms in total. The monoisotopic (exact) mass is 245 g/mol. The Morgan fingerprint density at radius 1 is 1.20 bits per heavy atom. The minimum absolute atomic E-state index is 0.518. The Bertz CT molecular complexity index is 292. The summed E-state index contributed by atoms with van der Waals surface area (Å²) in [5, 5.41) is 1.42. The molecule has 0 fully saturated rings. The average Bonchev–Trinajstić information content (AvgIpc) is 2.17. The van der Waals surface area contributed by atoms with Crippen molar-refractivity contribution in [3.05, 3.63) is 33.8 Å². The molecule has 0 heterocycles. The number of rotatable bonds is 5. The van der Waals surface area contributed by atoms with Crippen LogP contribution in [0.4, 0.5) is 0 Å². The quantitative estimate of drug-likeness (QED) is 0.826. The van der Waals surface area contributed by atoms with Gasteiger partial charge in [-0.2, -0.15) is 0 Å². The summed E-state index contributed by atoms with van der Waals surface area (Å²) in [6.07, 6.45) is 3.24. The van der Waals surface area contributed by atoms with Crippen LogP contribution in [-0.4, -0.2) is 6.54 Å². The van der Waals surface area contributed by atoms with E-state index < -0.39 is 0 Å². The third kappa shape index (κ3) is 4.02. The van der Waals surface area contributed by atoms with Crippen LogP contribution in [0.5, 0.6) is 0 Å². The van der Waals surface area contributed by atoms with Crippen LogP contribution >= 0.6 is 23.2 Å². The average molecular weight is 246 g/mol. The van der Waals surface area contributed by atoms with E-state index in [1.165, 1.54) is 5.56 Å².